The van der Waals surface area contributed by atoms with Gasteiger partial charge in [-0.3, -0.25) is 19.6 Å². The highest BCUT2D eigenvalue weighted by Crippen LogP contribution is 2.43. The number of amides is 1. The third kappa shape index (κ3) is 6.77. The molecule has 5 atom stereocenters. The van der Waals surface area contributed by atoms with E-state index in [1.807, 2.05) is 4.90 Å². The number of hydrogen-bond donors (Lipinski definition) is 1. The zero-order chi connectivity index (χ0) is 40.3. The van der Waals surface area contributed by atoms with Crippen LogP contribution in [-0.2, 0) is 19.0 Å². The number of pyridine rings is 1. The smallest absolute Gasteiger partial charge is 0.413 e. The van der Waals surface area contributed by atoms with Crippen LogP contribution < -0.4 is 9.64 Å². The number of phenolic OH excluding ortho intramolecular Hbond substituents is 1. The van der Waals surface area contributed by atoms with Gasteiger partial charge in [-0.05, 0) is 68.7 Å². The molecule has 5 aliphatic heterocycles. The van der Waals surface area contributed by atoms with Crippen LogP contribution in [0.25, 0.3) is 32.9 Å². The molecule has 7 heterocycles. The van der Waals surface area contributed by atoms with Crippen LogP contribution in [0.15, 0.2) is 30.5 Å². The van der Waals surface area contributed by atoms with E-state index in [-0.39, 0.29) is 69.5 Å². The lowest BCUT2D eigenvalue weighted by Gasteiger charge is -2.41. The van der Waals surface area contributed by atoms with E-state index in [0.717, 1.165) is 19.4 Å². The normalized spacial score (nSPS) is 25.2. The first kappa shape index (κ1) is 38.1. The number of halogens is 3. The minimum absolute atomic E-state index is 0.0720. The fourth-order valence-corrected chi connectivity index (χ4v) is 9.71. The van der Waals surface area contributed by atoms with Gasteiger partial charge in [0.1, 0.15) is 41.4 Å². The van der Waals surface area contributed by atoms with Crippen molar-refractivity contribution in [1.29, 1.82) is 0 Å². The molecule has 3 unspecified atom stereocenters. The van der Waals surface area contributed by atoms with E-state index in [1.54, 1.807) is 4.90 Å². The molecule has 1 N–H and O–H groups in total. The molecule has 0 spiro atoms. The topological polar surface area (TPSA) is 140 Å². The highest BCUT2D eigenvalue weighted by atomic mass is 19.1. The number of esters is 1. The van der Waals surface area contributed by atoms with Gasteiger partial charge in [-0.15, -0.1) is 6.42 Å². The first-order chi connectivity index (χ1) is 28.0. The number of piperazine rings is 1. The quantitative estimate of drug-likeness (QED) is 0.130. The summed E-state index contributed by atoms with van der Waals surface area (Å²) in [6.07, 6.45) is 8.84. The van der Waals surface area contributed by atoms with Gasteiger partial charge in [0.15, 0.2) is 5.82 Å². The molecule has 0 radical (unpaired) electrons. The minimum atomic E-state index is -1.09. The number of terminal acetylenes is 1. The molecule has 5 fully saturated rings. The molecule has 5 saturated heterocycles. The Morgan fingerprint density at radius 1 is 1.09 bits per heavy atom. The van der Waals surface area contributed by atoms with E-state index >= 15 is 4.39 Å². The highest BCUT2D eigenvalue weighted by Gasteiger charge is 2.50. The lowest BCUT2D eigenvalue weighted by molar-refractivity contribution is -0.174. The Labute approximate surface area is 332 Å². The lowest BCUT2D eigenvalue weighted by Crippen LogP contribution is -2.56. The van der Waals surface area contributed by atoms with Crippen LogP contribution in [0.3, 0.4) is 0 Å². The molecule has 58 heavy (non-hydrogen) atoms. The average Bonchev–Trinajstić information content (AvgIpc) is 3.83. The summed E-state index contributed by atoms with van der Waals surface area (Å²) in [6.45, 7) is 4.25. The Morgan fingerprint density at radius 2 is 1.86 bits per heavy atom. The Balaban J connectivity index is 1.04. The van der Waals surface area contributed by atoms with Crippen molar-refractivity contribution in [3.05, 3.63) is 47.7 Å². The van der Waals surface area contributed by atoms with Crippen LogP contribution in [-0.4, -0.2) is 118 Å². The maximum atomic E-state index is 17.1. The molecule has 0 aliphatic carbocycles. The van der Waals surface area contributed by atoms with Crippen LogP contribution in [0.4, 0.5) is 23.8 Å². The second-order valence-corrected chi connectivity index (χ2v) is 16.0. The number of carbonyl (C=O) groups excluding carboxylic acids is 2. The number of nitrogens with zero attached hydrogens (tertiary/aromatic N) is 6. The SMILES string of the molecule is C#Cc1c(F)ccc2cc(O)cc(-c3ncc4c(N5CC6CCC(C5)N6C(=O)OC(C)OC(=O)C5CCOCC5)nc(OC[C@@]56CCCN5C[C@H](F)C6)nc4c3F)c12. The van der Waals surface area contributed by atoms with Gasteiger partial charge in [0.2, 0.25) is 6.29 Å². The van der Waals surface area contributed by atoms with Gasteiger partial charge in [0.05, 0.1) is 34.5 Å². The van der Waals surface area contributed by atoms with E-state index in [1.165, 1.54) is 37.4 Å². The van der Waals surface area contributed by atoms with Gasteiger partial charge in [-0.2, -0.15) is 9.97 Å². The second-order valence-electron chi connectivity index (χ2n) is 16.0. The van der Waals surface area contributed by atoms with Gasteiger partial charge in [0, 0.05) is 63.3 Å². The minimum Gasteiger partial charge on any atom is -0.508 e. The molecule has 16 heteroatoms. The summed E-state index contributed by atoms with van der Waals surface area (Å²) < 4.78 is 69.5. The monoisotopic (exact) mass is 800 g/mol. The summed E-state index contributed by atoms with van der Waals surface area (Å²) >= 11 is 0. The van der Waals surface area contributed by atoms with Crippen molar-refractivity contribution < 1.29 is 46.8 Å². The third-order valence-electron chi connectivity index (χ3n) is 12.4. The fourth-order valence-electron chi connectivity index (χ4n) is 9.71. The zero-order valence-corrected chi connectivity index (χ0v) is 32.0. The van der Waals surface area contributed by atoms with Gasteiger partial charge in [-0.1, -0.05) is 12.0 Å². The van der Waals surface area contributed by atoms with E-state index in [9.17, 15) is 23.5 Å². The Kier molecular flexibility index (Phi) is 9.92. The summed E-state index contributed by atoms with van der Waals surface area (Å²) in [5.74, 6) is 0.195. The van der Waals surface area contributed by atoms with Crippen LogP contribution >= 0.6 is 0 Å². The van der Waals surface area contributed by atoms with E-state index in [0.29, 0.717) is 76.2 Å². The molecule has 1 amide bonds. The number of rotatable bonds is 8. The number of carbonyl (C=O) groups is 2. The molecule has 304 valence electrons. The number of alkyl halides is 1. The number of aromatic nitrogens is 3. The molecule has 4 aromatic rings. The standard InChI is InChI=1S/C42H43F3N6O7/c1-3-30-33(44)8-5-25-15-29(52)16-31(34(25)30)36-35(45)37-32(18-46-36)38(48-40(47-37)56-22-42-11-4-12-50(42)19-26(43)17-42)49-20-27-6-7-28(21-49)51(27)41(54)58-23(2)57-39(53)24-9-13-55-14-10-24/h1,5,8,15-16,18,23-24,26-28,52H,4,6-7,9-14,17,19-22H2,2H3/t23?,26-,27?,28?,42+/m1/s1. The van der Waals surface area contributed by atoms with Crippen LogP contribution in [0.2, 0.25) is 0 Å². The number of ether oxygens (including phenoxy) is 4. The first-order valence-corrected chi connectivity index (χ1v) is 19.8. The summed E-state index contributed by atoms with van der Waals surface area (Å²) in [5.41, 5.74) is -0.921. The molecule has 0 saturated carbocycles. The molecule has 13 nitrogen and oxygen atoms in total. The van der Waals surface area contributed by atoms with Crippen molar-refractivity contribution in [2.45, 2.75) is 82.0 Å². The second kappa shape index (κ2) is 15.1. The van der Waals surface area contributed by atoms with Gasteiger partial charge in [-0.25, -0.2) is 18.0 Å². The number of fused-ring (bicyclic) bond motifs is 5. The van der Waals surface area contributed by atoms with E-state index in [4.69, 9.17) is 30.4 Å². The van der Waals surface area contributed by atoms with Crippen molar-refractivity contribution in [2.24, 2.45) is 5.92 Å². The molecule has 9 rings (SSSR count). The number of benzene rings is 2. The van der Waals surface area contributed by atoms with Crippen LogP contribution in [0.1, 0.15) is 57.4 Å². The zero-order valence-electron chi connectivity index (χ0n) is 32.0. The fraction of sp³-hybridized carbons (Fsp3) is 0.500. The van der Waals surface area contributed by atoms with Crippen molar-refractivity contribution >= 4 is 39.6 Å². The molecule has 2 aromatic carbocycles. The molecular weight excluding hydrogens is 757 g/mol. The maximum Gasteiger partial charge on any atom is 0.413 e. The number of phenols is 1. The maximum absolute atomic E-state index is 17.1. The van der Waals surface area contributed by atoms with Gasteiger partial charge >= 0.3 is 18.1 Å². The number of hydrogen-bond acceptors (Lipinski definition) is 12. The van der Waals surface area contributed by atoms with Crippen molar-refractivity contribution in [3.63, 3.8) is 0 Å². The third-order valence-corrected chi connectivity index (χ3v) is 12.4. The first-order valence-electron chi connectivity index (χ1n) is 19.8. The van der Waals surface area contributed by atoms with Crippen molar-refractivity contribution in [2.75, 3.05) is 50.9 Å². The summed E-state index contributed by atoms with van der Waals surface area (Å²) in [7, 11) is 0. The molecule has 2 bridgehead atoms. The summed E-state index contributed by atoms with van der Waals surface area (Å²) in [4.78, 5) is 45.8. The predicted octanol–water partition coefficient (Wildman–Crippen LogP) is 5.87. The number of anilines is 1. The Hall–Kier alpha value is -5.40. The largest absolute Gasteiger partial charge is 0.508 e. The Morgan fingerprint density at radius 3 is 2.62 bits per heavy atom. The van der Waals surface area contributed by atoms with E-state index < -0.39 is 41.7 Å². The molecule has 2 aromatic heterocycles. The molecular formula is C42H43F3N6O7. The predicted molar refractivity (Wildman–Crippen MR) is 205 cm³/mol. The van der Waals surface area contributed by atoms with Crippen LogP contribution in [0, 0.1) is 29.9 Å². The van der Waals surface area contributed by atoms with Crippen molar-refractivity contribution in [3.8, 4) is 35.4 Å². The van der Waals surface area contributed by atoms with E-state index in [2.05, 4.69) is 20.8 Å². The average molecular weight is 801 g/mol. The van der Waals surface area contributed by atoms with Crippen molar-refractivity contribution in [1.82, 2.24) is 24.8 Å². The Bertz CT molecular complexity index is 2320. The summed E-state index contributed by atoms with van der Waals surface area (Å²) in [6, 6.07) is 4.59. The summed E-state index contributed by atoms with van der Waals surface area (Å²) in [5, 5.41) is 11.5. The molecule has 5 aliphatic rings. The lowest BCUT2D eigenvalue weighted by atomic mass is 9.95. The van der Waals surface area contributed by atoms with Crippen LogP contribution in [0.5, 0.6) is 11.8 Å². The van der Waals surface area contributed by atoms with Gasteiger partial charge in [0.25, 0.3) is 0 Å². The highest BCUT2D eigenvalue weighted by molar-refractivity contribution is 6.03. The number of aromatic hydroxyl groups is 1. The van der Waals surface area contributed by atoms with Gasteiger partial charge < -0.3 is 29.0 Å².